The van der Waals surface area contributed by atoms with Gasteiger partial charge in [0.25, 0.3) is 0 Å². The van der Waals surface area contributed by atoms with E-state index in [-0.39, 0.29) is 17.2 Å². The molecule has 0 saturated carbocycles. The molecule has 1 aromatic heterocycles. The van der Waals surface area contributed by atoms with Crippen molar-refractivity contribution in [1.82, 2.24) is 9.97 Å². The lowest BCUT2D eigenvalue weighted by molar-refractivity contribution is -0.383. The van der Waals surface area contributed by atoms with Crippen LogP contribution >= 0.6 is 0 Å². The van der Waals surface area contributed by atoms with Gasteiger partial charge in [-0.15, -0.1) is 0 Å². The Morgan fingerprint density at radius 3 is 2.54 bits per heavy atom. The number of fused-ring (bicyclic) bond motifs is 1. The van der Waals surface area contributed by atoms with Gasteiger partial charge in [-0.3, -0.25) is 14.9 Å². The zero-order chi connectivity index (χ0) is 19.7. The summed E-state index contributed by atoms with van der Waals surface area (Å²) in [5.74, 6) is -1.00. The third kappa shape index (κ3) is 3.13. The molecule has 0 amide bonds. The molecule has 0 bridgehead atoms. The molecule has 2 heterocycles. The van der Waals surface area contributed by atoms with E-state index >= 15 is 0 Å². The molecule has 8 heteroatoms. The van der Waals surface area contributed by atoms with Crippen LogP contribution < -0.4 is 4.90 Å². The summed E-state index contributed by atoms with van der Waals surface area (Å²) in [6.07, 6.45) is 2.20. The van der Waals surface area contributed by atoms with Crippen molar-refractivity contribution in [2.24, 2.45) is 5.92 Å². The fourth-order valence-corrected chi connectivity index (χ4v) is 3.74. The van der Waals surface area contributed by atoms with Crippen LogP contribution in [0.4, 0.5) is 11.5 Å². The number of aromatic nitrogens is 2. The molecule has 0 radical (unpaired) electrons. The Morgan fingerprint density at radius 2 is 1.82 bits per heavy atom. The standard InChI is InChI=1S/C20H18N4O4/c25-20(26)14-8-10-23(11-9-14)19-18(24(27)28)17(21-12-22-19)16-7-3-5-13-4-1-2-6-15(13)16/h1-7,12,14H,8-11H2,(H,25,26). The molecule has 2 aromatic carbocycles. The Balaban J connectivity index is 1.81. The van der Waals surface area contributed by atoms with Gasteiger partial charge in [0.1, 0.15) is 6.33 Å². The number of rotatable bonds is 4. The van der Waals surface area contributed by atoms with Gasteiger partial charge in [0.15, 0.2) is 5.69 Å². The Bertz CT molecular complexity index is 1060. The lowest BCUT2D eigenvalue weighted by Gasteiger charge is -2.30. The number of anilines is 1. The van der Waals surface area contributed by atoms with Gasteiger partial charge in [-0.25, -0.2) is 9.97 Å². The van der Waals surface area contributed by atoms with E-state index in [4.69, 9.17) is 0 Å². The first kappa shape index (κ1) is 17.8. The first-order chi connectivity index (χ1) is 13.6. The molecule has 1 saturated heterocycles. The maximum absolute atomic E-state index is 12.0. The highest BCUT2D eigenvalue weighted by Crippen LogP contribution is 2.38. The maximum Gasteiger partial charge on any atom is 0.337 e. The minimum atomic E-state index is -0.826. The molecule has 1 N–H and O–H groups in total. The van der Waals surface area contributed by atoms with E-state index in [2.05, 4.69) is 9.97 Å². The van der Waals surface area contributed by atoms with Gasteiger partial charge in [0.05, 0.1) is 10.8 Å². The molecule has 0 aliphatic carbocycles. The summed E-state index contributed by atoms with van der Waals surface area (Å²) in [5.41, 5.74) is 0.800. The minimum Gasteiger partial charge on any atom is -0.481 e. The summed E-state index contributed by atoms with van der Waals surface area (Å²) >= 11 is 0. The van der Waals surface area contributed by atoms with Crippen LogP contribution in [-0.4, -0.2) is 39.1 Å². The van der Waals surface area contributed by atoms with Crippen molar-refractivity contribution < 1.29 is 14.8 Å². The number of nitrogens with zero attached hydrogens (tertiary/aromatic N) is 4. The fraction of sp³-hybridized carbons (Fsp3) is 0.250. The molecule has 28 heavy (non-hydrogen) atoms. The molecular formula is C20H18N4O4. The molecule has 0 spiro atoms. The van der Waals surface area contributed by atoms with Gasteiger partial charge in [-0.1, -0.05) is 42.5 Å². The van der Waals surface area contributed by atoms with Gasteiger partial charge < -0.3 is 10.0 Å². The van der Waals surface area contributed by atoms with Crippen LogP contribution in [0.3, 0.4) is 0 Å². The van der Waals surface area contributed by atoms with Crippen molar-refractivity contribution in [3.8, 4) is 11.3 Å². The van der Waals surface area contributed by atoms with Crippen molar-refractivity contribution >= 4 is 28.2 Å². The van der Waals surface area contributed by atoms with Crippen molar-refractivity contribution in [1.29, 1.82) is 0 Å². The van der Waals surface area contributed by atoms with Crippen molar-refractivity contribution in [2.75, 3.05) is 18.0 Å². The highest BCUT2D eigenvalue weighted by atomic mass is 16.6. The maximum atomic E-state index is 12.0. The molecule has 0 atom stereocenters. The average molecular weight is 378 g/mol. The predicted molar refractivity (Wildman–Crippen MR) is 104 cm³/mol. The smallest absolute Gasteiger partial charge is 0.337 e. The van der Waals surface area contributed by atoms with Crippen molar-refractivity contribution in [3.05, 3.63) is 58.9 Å². The molecule has 4 rings (SSSR count). The number of aliphatic carboxylic acids is 1. The van der Waals surface area contributed by atoms with E-state index in [0.717, 1.165) is 10.8 Å². The van der Waals surface area contributed by atoms with Crippen LogP contribution in [0.15, 0.2) is 48.8 Å². The number of nitro groups is 1. The van der Waals surface area contributed by atoms with E-state index in [1.165, 1.54) is 6.33 Å². The third-order valence-electron chi connectivity index (χ3n) is 5.17. The summed E-state index contributed by atoms with van der Waals surface area (Å²) in [6.45, 7) is 0.813. The van der Waals surface area contributed by atoms with Crippen LogP contribution in [0.25, 0.3) is 22.0 Å². The van der Waals surface area contributed by atoms with Gasteiger partial charge in [-0.2, -0.15) is 0 Å². The van der Waals surface area contributed by atoms with Crippen LogP contribution in [0.2, 0.25) is 0 Å². The fourth-order valence-electron chi connectivity index (χ4n) is 3.74. The predicted octanol–water partition coefficient (Wildman–Crippen LogP) is 3.51. The zero-order valence-corrected chi connectivity index (χ0v) is 15.0. The zero-order valence-electron chi connectivity index (χ0n) is 15.0. The van der Waals surface area contributed by atoms with E-state index < -0.39 is 16.8 Å². The Labute approximate surface area is 160 Å². The van der Waals surface area contributed by atoms with Crippen LogP contribution in [0.1, 0.15) is 12.8 Å². The van der Waals surface area contributed by atoms with Crippen LogP contribution in [0.5, 0.6) is 0 Å². The lowest BCUT2D eigenvalue weighted by Crippen LogP contribution is -2.37. The Kier molecular flexibility index (Phi) is 4.60. The summed E-state index contributed by atoms with van der Waals surface area (Å²) in [5, 5.41) is 23.0. The molecular weight excluding hydrogens is 360 g/mol. The molecule has 1 aliphatic rings. The van der Waals surface area contributed by atoms with Gasteiger partial charge in [0.2, 0.25) is 5.82 Å². The molecule has 8 nitrogen and oxygen atoms in total. The summed E-state index contributed by atoms with van der Waals surface area (Å²) in [6, 6.07) is 13.3. The van der Waals surface area contributed by atoms with Gasteiger partial charge >= 0.3 is 11.7 Å². The number of carboxylic acids is 1. The number of benzene rings is 2. The van der Waals surface area contributed by atoms with E-state index in [0.29, 0.717) is 31.5 Å². The first-order valence-corrected chi connectivity index (χ1v) is 9.01. The van der Waals surface area contributed by atoms with Gasteiger partial charge in [0, 0.05) is 18.7 Å². The summed E-state index contributed by atoms with van der Waals surface area (Å²) < 4.78 is 0. The minimum absolute atomic E-state index is 0.146. The largest absolute Gasteiger partial charge is 0.481 e. The summed E-state index contributed by atoms with van der Waals surface area (Å²) in [4.78, 5) is 32.9. The number of carboxylic acid groups (broad SMARTS) is 1. The monoisotopic (exact) mass is 378 g/mol. The lowest BCUT2D eigenvalue weighted by atomic mass is 9.96. The Hall–Kier alpha value is -3.55. The molecule has 1 fully saturated rings. The highest BCUT2D eigenvalue weighted by molar-refractivity contribution is 5.98. The number of carbonyl (C=O) groups is 1. The first-order valence-electron chi connectivity index (χ1n) is 9.01. The number of hydrogen-bond acceptors (Lipinski definition) is 6. The second-order valence-electron chi connectivity index (χ2n) is 6.78. The number of piperidine rings is 1. The highest BCUT2D eigenvalue weighted by Gasteiger charge is 2.32. The molecule has 3 aromatic rings. The average Bonchev–Trinajstić information content (AvgIpc) is 2.72. The molecule has 1 aliphatic heterocycles. The number of hydrogen-bond donors (Lipinski definition) is 1. The van der Waals surface area contributed by atoms with Crippen LogP contribution in [0, 0.1) is 16.0 Å². The second kappa shape index (κ2) is 7.22. The topological polar surface area (TPSA) is 109 Å². The van der Waals surface area contributed by atoms with Gasteiger partial charge in [-0.05, 0) is 23.6 Å². The van der Waals surface area contributed by atoms with Crippen LogP contribution in [-0.2, 0) is 4.79 Å². The van der Waals surface area contributed by atoms with E-state index in [9.17, 15) is 20.0 Å². The van der Waals surface area contributed by atoms with E-state index in [1.807, 2.05) is 42.5 Å². The third-order valence-corrected chi connectivity index (χ3v) is 5.17. The quantitative estimate of drug-likeness (QED) is 0.546. The Morgan fingerprint density at radius 1 is 1.11 bits per heavy atom. The van der Waals surface area contributed by atoms with Crippen molar-refractivity contribution in [3.63, 3.8) is 0 Å². The van der Waals surface area contributed by atoms with E-state index in [1.54, 1.807) is 4.90 Å². The normalized spacial score (nSPS) is 14.9. The SMILES string of the molecule is O=C(O)C1CCN(c2ncnc(-c3cccc4ccccc34)c2[N+](=O)[O-])CC1. The molecule has 142 valence electrons. The summed E-state index contributed by atoms with van der Waals surface area (Å²) in [7, 11) is 0. The molecule has 0 unspecified atom stereocenters. The second-order valence-corrected chi connectivity index (χ2v) is 6.78. The van der Waals surface area contributed by atoms with Crippen molar-refractivity contribution in [2.45, 2.75) is 12.8 Å².